The predicted octanol–water partition coefficient (Wildman–Crippen LogP) is 3.89. The van der Waals surface area contributed by atoms with Crippen LogP contribution in [-0.2, 0) is 6.42 Å². The summed E-state index contributed by atoms with van der Waals surface area (Å²) in [5, 5.41) is 23.7. The van der Waals surface area contributed by atoms with Gasteiger partial charge in [0.25, 0.3) is 0 Å². The van der Waals surface area contributed by atoms with E-state index in [1.165, 1.54) is 27.8 Å². The van der Waals surface area contributed by atoms with E-state index in [-0.39, 0.29) is 16.7 Å². The molecular formula is C14H16N2O3S2. The van der Waals surface area contributed by atoms with Gasteiger partial charge in [0, 0.05) is 22.4 Å². The van der Waals surface area contributed by atoms with Gasteiger partial charge in [0.15, 0.2) is 5.00 Å². The molecule has 2 aromatic heterocycles. The van der Waals surface area contributed by atoms with E-state index >= 15 is 0 Å². The van der Waals surface area contributed by atoms with E-state index in [0.717, 1.165) is 13.0 Å². The number of anilines is 1. The summed E-state index contributed by atoms with van der Waals surface area (Å²) >= 11 is 3.07. The molecule has 0 radical (unpaired) electrons. The second kappa shape index (κ2) is 5.40. The van der Waals surface area contributed by atoms with E-state index in [2.05, 4.69) is 23.3 Å². The van der Waals surface area contributed by atoms with Crippen molar-refractivity contribution in [3.05, 3.63) is 42.9 Å². The molecule has 3 rings (SSSR count). The minimum Gasteiger partial charge on any atom is -0.388 e. The van der Waals surface area contributed by atoms with Gasteiger partial charge in [0.05, 0.1) is 17.1 Å². The van der Waals surface area contributed by atoms with Gasteiger partial charge in [-0.25, -0.2) is 0 Å². The van der Waals surface area contributed by atoms with Crippen LogP contribution in [0.15, 0.2) is 17.5 Å². The first-order valence-corrected chi connectivity index (χ1v) is 8.47. The second-order valence-electron chi connectivity index (χ2n) is 5.19. The van der Waals surface area contributed by atoms with E-state index in [1.54, 1.807) is 18.3 Å². The summed E-state index contributed by atoms with van der Waals surface area (Å²) < 4.78 is 0. The van der Waals surface area contributed by atoms with Crippen LogP contribution in [0.3, 0.4) is 0 Å². The lowest BCUT2D eigenvalue weighted by Crippen LogP contribution is -2.32. The fourth-order valence-corrected chi connectivity index (χ4v) is 4.85. The highest BCUT2D eigenvalue weighted by atomic mass is 32.1. The smallest absolute Gasteiger partial charge is 0.304 e. The Kier molecular flexibility index (Phi) is 3.73. The average Bonchev–Trinajstić information content (AvgIpc) is 3.05. The maximum atomic E-state index is 11.3. The molecule has 2 atom stereocenters. The van der Waals surface area contributed by atoms with Gasteiger partial charge in [0.1, 0.15) is 0 Å². The third kappa shape index (κ3) is 2.45. The Morgan fingerprint density at radius 3 is 3.00 bits per heavy atom. The number of hydrogen-bond donors (Lipinski definition) is 1. The van der Waals surface area contributed by atoms with Crippen molar-refractivity contribution in [2.24, 2.45) is 0 Å². The zero-order valence-corrected chi connectivity index (χ0v) is 13.4. The van der Waals surface area contributed by atoms with Gasteiger partial charge in [-0.15, -0.1) is 22.7 Å². The Bertz CT molecular complexity index is 678. The Morgan fingerprint density at radius 2 is 2.33 bits per heavy atom. The fourth-order valence-electron chi connectivity index (χ4n) is 2.72. The summed E-state index contributed by atoms with van der Waals surface area (Å²) in [6.45, 7) is 4.49. The summed E-state index contributed by atoms with van der Waals surface area (Å²) in [5.74, 6) is 0. The van der Waals surface area contributed by atoms with Crippen LogP contribution in [0.4, 0.5) is 10.7 Å². The molecule has 1 aliphatic rings. The highest BCUT2D eigenvalue weighted by Crippen LogP contribution is 2.45. The molecule has 112 valence electrons. The number of aliphatic hydroxyl groups is 1. The molecule has 2 aromatic rings. The Labute approximate surface area is 130 Å². The fraction of sp³-hybridized carbons (Fsp3) is 0.429. The van der Waals surface area contributed by atoms with Crippen LogP contribution in [0.1, 0.15) is 41.3 Å². The van der Waals surface area contributed by atoms with Gasteiger partial charge in [0.2, 0.25) is 0 Å². The summed E-state index contributed by atoms with van der Waals surface area (Å²) in [5.41, 5.74) is 1.36. The largest absolute Gasteiger partial charge is 0.388 e. The van der Waals surface area contributed by atoms with Crippen LogP contribution >= 0.6 is 22.7 Å². The third-order valence-corrected chi connectivity index (χ3v) is 6.19. The van der Waals surface area contributed by atoms with Crippen LogP contribution in [0.25, 0.3) is 0 Å². The number of nitro groups is 1. The quantitative estimate of drug-likeness (QED) is 0.687. The van der Waals surface area contributed by atoms with Crippen LogP contribution < -0.4 is 4.90 Å². The molecule has 0 bridgehead atoms. The molecule has 21 heavy (non-hydrogen) atoms. The number of rotatable bonds is 3. The topological polar surface area (TPSA) is 66.6 Å². The molecule has 0 spiro atoms. The maximum Gasteiger partial charge on any atom is 0.304 e. The predicted molar refractivity (Wildman–Crippen MR) is 85.4 cm³/mol. The molecule has 3 heterocycles. The number of nitrogens with zero attached hydrogens (tertiary/aromatic N) is 2. The first-order chi connectivity index (χ1) is 9.99. The van der Waals surface area contributed by atoms with Crippen molar-refractivity contribution >= 4 is 33.4 Å². The zero-order valence-electron chi connectivity index (χ0n) is 11.8. The lowest BCUT2D eigenvalue weighted by atomic mass is 10.0. The van der Waals surface area contributed by atoms with Gasteiger partial charge >= 0.3 is 5.69 Å². The van der Waals surface area contributed by atoms with Gasteiger partial charge < -0.3 is 10.0 Å². The molecule has 0 aliphatic carbocycles. The van der Waals surface area contributed by atoms with E-state index < -0.39 is 6.10 Å². The maximum absolute atomic E-state index is 11.3. The van der Waals surface area contributed by atoms with E-state index in [9.17, 15) is 15.2 Å². The van der Waals surface area contributed by atoms with E-state index in [1.807, 2.05) is 0 Å². The molecule has 0 amide bonds. The van der Waals surface area contributed by atoms with E-state index in [0.29, 0.717) is 9.88 Å². The van der Waals surface area contributed by atoms with Crippen molar-refractivity contribution in [2.45, 2.75) is 32.4 Å². The second-order valence-corrected chi connectivity index (χ2v) is 7.25. The van der Waals surface area contributed by atoms with Crippen LogP contribution in [0.2, 0.25) is 0 Å². The van der Waals surface area contributed by atoms with Crippen molar-refractivity contribution in [2.75, 3.05) is 11.4 Å². The van der Waals surface area contributed by atoms with Gasteiger partial charge in [-0.1, -0.05) is 0 Å². The van der Waals surface area contributed by atoms with Crippen molar-refractivity contribution in [1.29, 1.82) is 0 Å². The monoisotopic (exact) mass is 324 g/mol. The third-order valence-electron chi connectivity index (χ3n) is 3.86. The van der Waals surface area contributed by atoms with Gasteiger partial charge in [-0.3, -0.25) is 10.1 Å². The molecule has 5 nitrogen and oxygen atoms in total. The molecule has 0 saturated carbocycles. The molecule has 7 heteroatoms. The summed E-state index contributed by atoms with van der Waals surface area (Å²) in [6.07, 6.45) is 0.232. The molecular weight excluding hydrogens is 308 g/mol. The van der Waals surface area contributed by atoms with Crippen LogP contribution in [0.5, 0.6) is 0 Å². The van der Waals surface area contributed by atoms with Crippen molar-refractivity contribution in [1.82, 2.24) is 0 Å². The number of thiophene rings is 2. The molecule has 0 saturated heterocycles. The first kappa shape index (κ1) is 14.5. The van der Waals surface area contributed by atoms with Crippen molar-refractivity contribution in [3.63, 3.8) is 0 Å². The molecule has 1 N–H and O–H groups in total. The lowest BCUT2D eigenvalue weighted by Gasteiger charge is -2.33. The minimum absolute atomic E-state index is 0.0985. The number of aliphatic hydroxyl groups excluding tert-OH is 1. The summed E-state index contributed by atoms with van der Waals surface area (Å²) in [7, 11) is 0. The van der Waals surface area contributed by atoms with Crippen molar-refractivity contribution < 1.29 is 10.0 Å². The van der Waals surface area contributed by atoms with Gasteiger partial charge in [-0.05, 0) is 37.3 Å². The Morgan fingerprint density at radius 1 is 1.57 bits per heavy atom. The number of hydrogen-bond acceptors (Lipinski definition) is 6. The van der Waals surface area contributed by atoms with Crippen molar-refractivity contribution in [3.8, 4) is 0 Å². The Balaban J connectivity index is 2.02. The SMILES string of the molecule is CC(O)c1cc([N+](=O)[O-])c(N2CCc3sccc3C2C)s1. The zero-order chi connectivity index (χ0) is 15.1. The van der Waals surface area contributed by atoms with Crippen LogP contribution in [0, 0.1) is 10.1 Å². The normalized spacial score (nSPS) is 19.4. The first-order valence-electron chi connectivity index (χ1n) is 6.78. The highest BCUT2D eigenvalue weighted by Gasteiger charge is 2.32. The summed E-state index contributed by atoms with van der Waals surface area (Å²) in [6, 6.07) is 3.73. The number of fused-ring (bicyclic) bond motifs is 1. The Hall–Kier alpha value is -1.44. The van der Waals surface area contributed by atoms with Crippen LogP contribution in [-0.4, -0.2) is 16.6 Å². The molecule has 1 aliphatic heterocycles. The minimum atomic E-state index is -0.681. The highest BCUT2D eigenvalue weighted by molar-refractivity contribution is 7.16. The van der Waals surface area contributed by atoms with E-state index in [4.69, 9.17) is 0 Å². The molecule has 0 fully saturated rings. The standard InChI is InChI=1S/C14H16N2O3S2/c1-8-10-4-6-20-12(10)3-5-15(8)14-11(16(18)19)7-13(21-14)9(2)17/h4,6-9,17H,3,5H2,1-2H3. The average molecular weight is 324 g/mol. The van der Waals surface area contributed by atoms with Gasteiger partial charge in [-0.2, -0.15) is 0 Å². The molecule has 0 aromatic carbocycles. The summed E-state index contributed by atoms with van der Waals surface area (Å²) in [4.78, 5) is 15.1. The lowest BCUT2D eigenvalue weighted by molar-refractivity contribution is -0.383. The molecule has 2 unspecified atom stereocenters.